The van der Waals surface area contributed by atoms with Crippen molar-refractivity contribution in [2.75, 3.05) is 5.73 Å². The van der Waals surface area contributed by atoms with Crippen molar-refractivity contribution in [1.29, 1.82) is 0 Å². The van der Waals surface area contributed by atoms with Gasteiger partial charge in [0.15, 0.2) is 0 Å². The third-order valence-electron chi connectivity index (χ3n) is 2.71. The summed E-state index contributed by atoms with van der Waals surface area (Å²) in [4.78, 5) is 0. The van der Waals surface area contributed by atoms with Crippen LogP contribution in [0.2, 0.25) is 5.02 Å². The number of hydrogen-bond acceptors (Lipinski definition) is 2. The Hall–Kier alpha value is -0.730. The van der Waals surface area contributed by atoms with Crippen molar-refractivity contribution in [1.82, 2.24) is 5.32 Å². The van der Waals surface area contributed by atoms with Crippen molar-refractivity contribution in [3.63, 3.8) is 0 Å². The maximum absolute atomic E-state index is 5.87. The van der Waals surface area contributed by atoms with Crippen molar-refractivity contribution < 1.29 is 0 Å². The number of anilines is 1. The van der Waals surface area contributed by atoms with Gasteiger partial charge in [0.2, 0.25) is 0 Å². The van der Waals surface area contributed by atoms with E-state index in [0.717, 1.165) is 6.54 Å². The summed E-state index contributed by atoms with van der Waals surface area (Å²) in [6, 6.07) is 6.35. The van der Waals surface area contributed by atoms with Crippen LogP contribution in [-0.2, 0) is 6.54 Å². The zero-order valence-electron chi connectivity index (χ0n) is 10.1. The lowest BCUT2D eigenvalue weighted by molar-refractivity contribution is 0.495. The molecule has 1 unspecified atom stereocenters. The molecule has 0 aliphatic rings. The molecular weight excluding hydrogens is 220 g/mol. The standard InChI is InChI=1S/C13H21ClN2/c1-3-4-5-10(2)16-9-11-6-7-12(14)13(15)8-11/h6-8,10,16H,3-5,9,15H2,1-2H3. The lowest BCUT2D eigenvalue weighted by Crippen LogP contribution is -2.25. The zero-order valence-corrected chi connectivity index (χ0v) is 10.8. The van der Waals surface area contributed by atoms with Gasteiger partial charge in [0.1, 0.15) is 0 Å². The molecule has 3 N–H and O–H groups in total. The topological polar surface area (TPSA) is 38.0 Å². The van der Waals surface area contributed by atoms with E-state index in [1.54, 1.807) is 0 Å². The molecular formula is C13H21ClN2. The molecule has 0 aliphatic heterocycles. The minimum absolute atomic E-state index is 0.553. The third kappa shape index (κ3) is 4.42. The molecule has 0 saturated carbocycles. The van der Waals surface area contributed by atoms with E-state index >= 15 is 0 Å². The molecule has 0 amide bonds. The first-order chi connectivity index (χ1) is 7.63. The van der Waals surface area contributed by atoms with Gasteiger partial charge >= 0.3 is 0 Å². The van der Waals surface area contributed by atoms with Gasteiger partial charge in [-0.15, -0.1) is 0 Å². The first kappa shape index (κ1) is 13.3. The van der Waals surface area contributed by atoms with E-state index in [0.29, 0.717) is 16.8 Å². The average Bonchev–Trinajstić information content (AvgIpc) is 2.28. The minimum Gasteiger partial charge on any atom is -0.398 e. The molecule has 0 spiro atoms. The molecule has 2 nitrogen and oxygen atoms in total. The molecule has 0 saturated heterocycles. The number of nitrogen functional groups attached to an aromatic ring is 1. The molecule has 0 aromatic heterocycles. The normalized spacial score (nSPS) is 12.7. The molecule has 3 heteroatoms. The largest absolute Gasteiger partial charge is 0.398 e. The van der Waals surface area contributed by atoms with E-state index in [1.807, 2.05) is 18.2 Å². The molecule has 16 heavy (non-hydrogen) atoms. The predicted octanol–water partition coefficient (Wildman–Crippen LogP) is 3.59. The van der Waals surface area contributed by atoms with Crippen LogP contribution in [0.3, 0.4) is 0 Å². The third-order valence-corrected chi connectivity index (χ3v) is 3.05. The highest BCUT2D eigenvalue weighted by Crippen LogP contribution is 2.19. The van der Waals surface area contributed by atoms with Crippen molar-refractivity contribution in [2.45, 2.75) is 45.7 Å². The summed E-state index contributed by atoms with van der Waals surface area (Å²) in [5, 5.41) is 4.11. The molecule has 0 heterocycles. The number of unbranched alkanes of at least 4 members (excludes halogenated alkanes) is 1. The number of nitrogens with two attached hydrogens (primary N) is 1. The Labute approximate surface area is 103 Å². The van der Waals surface area contributed by atoms with Crippen LogP contribution in [0.1, 0.15) is 38.7 Å². The fraction of sp³-hybridized carbons (Fsp3) is 0.538. The molecule has 1 aromatic rings. The van der Waals surface area contributed by atoms with E-state index in [2.05, 4.69) is 19.2 Å². The summed E-state index contributed by atoms with van der Waals surface area (Å²) >= 11 is 5.87. The van der Waals surface area contributed by atoms with Crippen LogP contribution in [-0.4, -0.2) is 6.04 Å². The van der Waals surface area contributed by atoms with Crippen molar-refractivity contribution in [2.24, 2.45) is 0 Å². The van der Waals surface area contributed by atoms with Crippen LogP contribution in [0.15, 0.2) is 18.2 Å². The monoisotopic (exact) mass is 240 g/mol. The Morgan fingerprint density at radius 3 is 2.81 bits per heavy atom. The quantitative estimate of drug-likeness (QED) is 0.746. The summed E-state index contributed by atoms with van der Waals surface area (Å²) in [5.41, 5.74) is 7.59. The van der Waals surface area contributed by atoms with Crippen LogP contribution in [0, 0.1) is 0 Å². The van der Waals surface area contributed by atoms with Crippen LogP contribution in [0.25, 0.3) is 0 Å². The number of rotatable bonds is 6. The molecule has 1 rings (SSSR count). The Bertz CT molecular complexity index is 326. The molecule has 1 atom stereocenters. The van der Waals surface area contributed by atoms with E-state index in [4.69, 9.17) is 17.3 Å². The molecule has 0 radical (unpaired) electrons. The molecule has 90 valence electrons. The lowest BCUT2D eigenvalue weighted by Gasteiger charge is -2.13. The number of halogens is 1. The van der Waals surface area contributed by atoms with Gasteiger partial charge < -0.3 is 11.1 Å². The molecule has 0 bridgehead atoms. The maximum Gasteiger partial charge on any atom is 0.0635 e. The SMILES string of the molecule is CCCCC(C)NCc1ccc(Cl)c(N)c1. The van der Waals surface area contributed by atoms with Gasteiger partial charge in [0.25, 0.3) is 0 Å². The minimum atomic E-state index is 0.553. The highest BCUT2D eigenvalue weighted by Gasteiger charge is 2.02. The zero-order chi connectivity index (χ0) is 12.0. The van der Waals surface area contributed by atoms with Gasteiger partial charge in [-0.05, 0) is 31.0 Å². The molecule has 1 aromatic carbocycles. The molecule has 0 aliphatic carbocycles. The number of nitrogens with one attached hydrogen (secondary N) is 1. The molecule has 0 fully saturated rings. The van der Waals surface area contributed by atoms with Gasteiger partial charge in [-0.1, -0.05) is 37.4 Å². The van der Waals surface area contributed by atoms with E-state index in [-0.39, 0.29) is 0 Å². The smallest absolute Gasteiger partial charge is 0.0635 e. The fourth-order valence-corrected chi connectivity index (χ4v) is 1.73. The van der Waals surface area contributed by atoms with Crippen LogP contribution in [0.4, 0.5) is 5.69 Å². The van der Waals surface area contributed by atoms with Gasteiger partial charge in [-0.3, -0.25) is 0 Å². The van der Waals surface area contributed by atoms with Crippen LogP contribution >= 0.6 is 11.6 Å². The van der Waals surface area contributed by atoms with E-state index in [9.17, 15) is 0 Å². The first-order valence-electron chi connectivity index (χ1n) is 5.90. The Morgan fingerprint density at radius 1 is 1.44 bits per heavy atom. The van der Waals surface area contributed by atoms with E-state index < -0.39 is 0 Å². The van der Waals surface area contributed by atoms with Crippen molar-refractivity contribution in [3.05, 3.63) is 28.8 Å². The van der Waals surface area contributed by atoms with Crippen LogP contribution in [0.5, 0.6) is 0 Å². The summed E-state index contributed by atoms with van der Waals surface area (Å²) in [7, 11) is 0. The second kappa shape index (κ2) is 6.77. The first-order valence-corrected chi connectivity index (χ1v) is 6.28. The average molecular weight is 241 g/mol. The summed E-state index contributed by atoms with van der Waals surface area (Å²) in [5.74, 6) is 0. The highest BCUT2D eigenvalue weighted by molar-refractivity contribution is 6.33. The summed E-state index contributed by atoms with van der Waals surface area (Å²) in [6.45, 7) is 5.29. The summed E-state index contributed by atoms with van der Waals surface area (Å²) < 4.78 is 0. The van der Waals surface area contributed by atoms with Crippen LogP contribution < -0.4 is 11.1 Å². The number of hydrogen-bond donors (Lipinski definition) is 2. The fourth-order valence-electron chi connectivity index (χ4n) is 1.61. The van der Waals surface area contributed by atoms with Gasteiger partial charge in [-0.2, -0.15) is 0 Å². The van der Waals surface area contributed by atoms with Crippen molar-refractivity contribution in [3.8, 4) is 0 Å². The van der Waals surface area contributed by atoms with Crippen molar-refractivity contribution >= 4 is 17.3 Å². The van der Waals surface area contributed by atoms with Gasteiger partial charge in [0, 0.05) is 12.6 Å². The van der Waals surface area contributed by atoms with Gasteiger partial charge in [-0.25, -0.2) is 0 Å². The van der Waals surface area contributed by atoms with E-state index in [1.165, 1.54) is 24.8 Å². The number of benzene rings is 1. The lowest BCUT2D eigenvalue weighted by atomic mass is 10.1. The Morgan fingerprint density at radius 2 is 2.19 bits per heavy atom. The highest BCUT2D eigenvalue weighted by atomic mass is 35.5. The summed E-state index contributed by atoms with van der Waals surface area (Å²) in [6.07, 6.45) is 3.75. The Balaban J connectivity index is 2.39. The van der Waals surface area contributed by atoms with Gasteiger partial charge in [0.05, 0.1) is 10.7 Å². The second-order valence-corrected chi connectivity index (χ2v) is 4.69. The second-order valence-electron chi connectivity index (χ2n) is 4.28. The Kier molecular flexibility index (Phi) is 5.64. The predicted molar refractivity (Wildman–Crippen MR) is 71.7 cm³/mol. The maximum atomic E-state index is 5.87.